The van der Waals surface area contributed by atoms with Crippen molar-refractivity contribution in [2.75, 3.05) is 33.3 Å². The first-order valence-electron chi connectivity index (χ1n) is 15.0. The number of hydrogen-bond donors (Lipinski definition) is 0. The molecule has 7 heteroatoms. The number of amides is 1. The molecule has 1 fully saturated rings. The maximum Gasteiger partial charge on any atom is 0.253 e. The quantitative estimate of drug-likeness (QED) is 0.210. The molecule has 0 bridgehead atoms. The van der Waals surface area contributed by atoms with Crippen molar-refractivity contribution >= 4 is 5.91 Å². The van der Waals surface area contributed by atoms with Gasteiger partial charge in [-0.2, -0.15) is 0 Å². The summed E-state index contributed by atoms with van der Waals surface area (Å²) in [6.07, 6.45) is 11.1. The van der Waals surface area contributed by atoms with Crippen molar-refractivity contribution in [3.63, 3.8) is 0 Å². The Morgan fingerprint density at radius 1 is 0.902 bits per heavy atom. The summed E-state index contributed by atoms with van der Waals surface area (Å²) in [6, 6.07) is 17.2. The third-order valence-corrected chi connectivity index (χ3v) is 7.66. The molecule has 3 aromatic rings. The second-order valence-electron chi connectivity index (χ2n) is 10.9. The molecule has 0 saturated carbocycles. The van der Waals surface area contributed by atoms with Crippen molar-refractivity contribution in [1.29, 1.82) is 0 Å². The summed E-state index contributed by atoms with van der Waals surface area (Å²) in [5.74, 6) is 1.59. The molecule has 0 radical (unpaired) electrons. The van der Waals surface area contributed by atoms with E-state index in [-0.39, 0.29) is 23.7 Å². The number of ether oxygens (including phenoxy) is 2. The van der Waals surface area contributed by atoms with E-state index in [1.807, 2.05) is 41.3 Å². The van der Waals surface area contributed by atoms with E-state index >= 15 is 0 Å². The Balaban J connectivity index is 1.23. The zero-order valence-electron chi connectivity index (χ0n) is 24.6. The van der Waals surface area contributed by atoms with Crippen LogP contribution in [0.15, 0.2) is 70.1 Å². The van der Waals surface area contributed by atoms with Gasteiger partial charge >= 0.3 is 0 Å². The molecule has 1 aliphatic heterocycles. The van der Waals surface area contributed by atoms with E-state index in [1.165, 1.54) is 56.4 Å². The number of rotatable bonds is 14. The first-order valence-corrected chi connectivity index (χ1v) is 15.0. The topological polar surface area (TPSA) is 72.2 Å². The van der Waals surface area contributed by atoms with E-state index in [0.29, 0.717) is 18.8 Å². The third-order valence-electron chi connectivity index (χ3n) is 7.66. The summed E-state index contributed by atoms with van der Waals surface area (Å²) in [5, 5.41) is 0. The molecule has 0 aliphatic carbocycles. The molecule has 2 aromatic carbocycles. The van der Waals surface area contributed by atoms with Crippen molar-refractivity contribution in [3.05, 3.63) is 93.5 Å². The number of aryl methyl sites for hydroxylation is 1. The highest BCUT2D eigenvalue weighted by Crippen LogP contribution is 2.17. The standard InChI is InChI=1S/C34H44N2O5/c1-3-4-5-6-7-8-11-27-14-16-29(17-15-27)34(38)36-19-10-18-35(20-21-36)24-31-23-32(37)33(26-40-31)41-25-28-12-9-13-30(22-28)39-2/h9,12-17,22-23,26H,3-8,10-11,18-21,24-25H2,1-2H3. The van der Waals surface area contributed by atoms with Gasteiger partial charge in [0.2, 0.25) is 11.2 Å². The van der Waals surface area contributed by atoms with E-state index in [9.17, 15) is 9.59 Å². The van der Waals surface area contributed by atoms with Crippen LogP contribution in [0.5, 0.6) is 11.5 Å². The lowest BCUT2D eigenvalue weighted by molar-refractivity contribution is 0.0760. The zero-order valence-corrected chi connectivity index (χ0v) is 24.6. The fourth-order valence-corrected chi connectivity index (χ4v) is 5.21. The highest BCUT2D eigenvalue weighted by atomic mass is 16.5. The Hall–Kier alpha value is -3.58. The van der Waals surface area contributed by atoms with Gasteiger partial charge < -0.3 is 18.8 Å². The first-order chi connectivity index (χ1) is 20.1. The number of carbonyl (C=O) groups is 1. The second-order valence-corrected chi connectivity index (χ2v) is 10.9. The van der Waals surface area contributed by atoms with Crippen LogP contribution in [0, 0.1) is 0 Å². The van der Waals surface area contributed by atoms with Gasteiger partial charge in [-0.25, -0.2) is 0 Å². The molecule has 2 heterocycles. The summed E-state index contributed by atoms with van der Waals surface area (Å²) < 4.78 is 16.7. The van der Waals surface area contributed by atoms with Gasteiger partial charge in [0.25, 0.3) is 5.91 Å². The summed E-state index contributed by atoms with van der Waals surface area (Å²) in [4.78, 5) is 30.0. The minimum absolute atomic E-state index is 0.0852. The van der Waals surface area contributed by atoms with Crippen LogP contribution >= 0.6 is 0 Å². The number of unbranched alkanes of at least 4 members (excludes halogenated alkanes) is 5. The Morgan fingerprint density at radius 2 is 1.71 bits per heavy atom. The average Bonchev–Trinajstić information content (AvgIpc) is 3.24. The van der Waals surface area contributed by atoms with Crippen LogP contribution in [0.3, 0.4) is 0 Å². The Labute approximate surface area is 244 Å². The molecule has 7 nitrogen and oxygen atoms in total. The molecule has 1 aromatic heterocycles. The second kappa shape index (κ2) is 16.0. The molecule has 1 saturated heterocycles. The van der Waals surface area contributed by atoms with Gasteiger partial charge in [0.15, 0.2) is 0 Å². The smallest absolute Gasteiger partial charge is 0.253 e. The van der Waals surface area contributed by atoms with E-state index in [1.54, 1.807) is 7.11 Å². The van der Waals surface area contributed by atoms with Crippen molar-refractivity contribution in [1.82, 2.24) is 9.80 Å². The lowest BCUT2D eigenvalue weighted by Gasteiger charge is -2.22. The number of nitrogens with zero attached hydrogens (tertiary/aromatic N) is 2. The van der Waals surface area contributed by atoms with E-state index in [2.05, 4.69) is 24.0 Å². The van der Waals surface area contributed by atoms with Crippen molar-refractivity contribution in [2.45, 2.75) is 71.4 Å². The summed E-state index contributed by atoms with van der Waals surface area (Å²) in [7, 11) is 1.61. The Bertz CT molecular complexity index is 1290. The molecule has 0 spiro atoms. The van der Waals surface area contributed by atoms with Crippen LogP contribution < -0.4 is 14.9 Å². The molecule has 1 amide bonds. The molecule has 41 heavy (non-hydrogen) atoms. The molecule has 0 atom stereocenters. The molecular formula is C34H44N2O5. The Kier molecular flexibility index (Phi) is 11.9. The van der Waals surface area contributed by atoms with Gasteiger partial charge in [0.05, 0.1) is 13.7 Å². The SMILES string of the molecule is CCCCCCCCc1ccc(C(=O)N2CCCN(Cc3cc(=O)c(OCc4cccc(OC)c4)co3)CC2)cc1. The lowest BCUT2D eigenvalue weighted by Crippen LogP contribution is -2.35. The van der Waals surface area contributed by atoms with Crippen LogP contribution in [0.1, 0.15) is 79.1 Å². The molecule has 1 aliphatic rings. The van der Waals surface area contributed by atoms with E-state index in [0.717, 1.165) is 49.4 Å². The first kappa shape index (κ1) is 30.4. The van der Waals surface area contributed by atoms with Gasteiger partial charge in [0, 0.05) is 37.8 Å². The van der Waals surface area contributed by atoms with Crippen LogP contribution in [-0.4, -0.2) is 49.0 Å². The lowest BCUT2D eigenvalue weighted by atomic mass is 10.0. The normalized spacial score (nSPS) is 14.0. The molecule has 220 valence electrons. The zero-order chi connectivity index (χ0) is 28.9. The minimum Gasteiger partial charge on any atom is -0.497 e. The maximum absolute atomic E-state index is 13.2. The molecule has 4 rings (SSSR count). The number of methoxy groups -OCH3 is 1. The largest absolute Gasteiger partial charge is 0.497 e. The fourth-order valence-electron chi connectivity index (χ4n) is 5.21. The summed E-state index contributed by atoms with van der Waals surface area (Å²) in [5.41, 5.74) is 2.75. The summed E-state index contributed by atoms with van der Waals surface area (Å²) >= 11 is 0. The van der Waals surface area contributed by atoms with Crippen molar-refractivity contribution in [2.24, 2.45) is 0 Å². The fraction of sp³-hybridized carbons (Fsp3) is 0.471. The predicted molar refractivity (Wildman–Crippen MR) is 162 cm³/mol. The number of carbonyl (C=O) groups excluding carboxylic acids is 1. The van der Waals surface area contributed by atoms with E-state index in [4.69, 9.17) is 13.9 Å². The van der Waals surface area contributed by atoms with Gasteiger partial charge in [-0.05, 0) is 54.7 Å². The van der Waals surface area contributed by atoms with Crippen LogP contribution in [0.4, 0.5) is 0 Å². The van der Waals surface area contributed by atoms with Gasteiger partial charge in [-0.1, -0.05) is 63.3 Å². The third kappa shape index (κ3) is 9.49. The predicted octanol–water partition coefficient (Wildman–Crippen LogP) is 6.48. The van der Waals surface area contributed by atoms with Crippen molar-refractivity contribution < 1.29 is 18.7 Å². The highest BCUT2D eigenvalue weighted by molar-refractivity contribution is 5.94. The minimum atomic E-state index is -0.208. The van der Waals surface area contributed by atoms with Crippen LogP contribution in [0.2, 0.25) is 0 Å². The van der Waals surface area contributed by atoms with Gasteiger partial charge in [0.1, 0.15) is 24.4 Å². The van der Waals surface area contributed by atoms with Crippen molar-refractivity contribution in [3.8, 4) is 11.5 Å². The van der Waals surface area contributed by atoms with Crippen LogP contribution in [0.25, 0.3) is 0 Å². The maximum atomic E-state index is 13.2. The van der Waals surface area contributed by atoms with Crippen LogP contribution in [-0.2, 0) is 19.6 Å². The molecule has 0 unspecified atom stereocenters. The average molecular weight is 561 g/mol. The van der Waals surface area contributed by atoms with Gasteiger partial charge in [-0.15, -0.1) is 0 Å². The summed E-state index contributed by atoms with van der Waals surface area (Å²) in [6.45, 7) is 5.92. The monoisotopic (exact) mass is 560 g/mol. The van der Waals surface area contributed by atoms with Gasteiger partial charge in [-0.3, -0.25) is 14.5 Å². The number of hydrogen-bond acceptors (Lipinski definition) is 6. The number of benzene rings is 2. The highest BCUT2D eigenvalue weighted by Gasteiger charge is 2.21. The van der Waals surface area contributed by atoms with E-state index < -0.39 is 0 Å². The molecular weight excluding hydrogens is 516 g/mol. The Morgan fingerprint density at radius 3 is 2.49 bits per heavy atom. The molecule has 0 N–H and O–H groups in total.